The quantitative estimate of drug-likeness (QED) is 0.381. The van der Waals surface area contributed by atoms with Gasteiger partial charge in [-0.25, -0.2) is 0 Å². The number of nitrogens with two attached hydrogens (primary N) is 1. The second-order valence-electron chi connectivity index (χ2n) is 6.27. The third kappa shape index (κ3) is 7.51. The lowest BCUT2D eigenvalue weighted by Gasteiger charge is -2.07. The van der Waals surface area contributed by atoms with Gasteiger partial charge < -0.3 is 20.5 Å². The number of methoxy groups -OCH3 is 1. The first kappa shape index (κ1) is 22.9. The van der Waals surface area contributed by atoms with Crippen molar-refractivity contribution in [2.45, 2.75) is 12.8 Å². The van der Waals surface area contributed by atoms with E-state index in [2.05, 4.69) is 5.32 Å². The number of ketones is 2. The number of Topliss-reactive ketones (excluding diaryl/α,β-unsaturated/α-hetero) is 2. The van der Waals surface area contributed by atoms with Gasteiger partial charge in [-0.2, -0.15) is 0 Å². The molecule has 1 aromatic heterocycles. The molecule has 0 bridgehead atoms. The number of rotatable bonds is 13. The SMILES string of the molecule is COCCOCCNC(=O)c1ccc(CCC(=O)c2ccc(C(=O)CN)s2)cc1. The van der Waals surface area contributed by atoms with Crippen LogP contribution < -0.4 is 11.1 Å². The van der Waals surface area contributed by atoms with Gasteiger partial charge in [0.05, 0.1) is 36.1 Å². The lowest BCUT2D eigenvalue weighted by atomic mass is 10.0. The number of benzene rings is 1. The van der Waals surface area contributed by atoms with Crippen LogP contribution in [0.3, 0.4) is 0 Å². The van der Waals surface area contributed by atoms with E-state index < -0.39 is 0 Å². The maximum Gasteiger partial charge on any atom is 0.251 e. The summed E-state index contributed by atoms with van der Waals surface area (Å²) >= 11 is 1.18. The summed E-state index contributed by atoms with van der Waals surface area (Å²) in [6, 6.07) is 10.5. The second kappa shape index (κ2) is 12.2. The highest BCUT2D eigenvalue weighted by Gasteiger charge is 2.13. The minimum absolute atomic E-state index is 0.0126. The molecule has 0 aliphatic carbocycles. The van der Waals surface area contributed by atoms with E-state index in [1.165, 1.54) is 11.3 Å². The number of nitrogens with one attached hydrogen (secondary N) is 1. The van der Waals surface area contributed by atoms with Crippen molar-refractivity contribution in [1.29, 1.82) is 0 Å². The molecule has 3 N–H and O–H groups in total. The molecule has 0 saturated carbocycles. The van der Waals surface area contributed by atoms with Gasteiger partial charge in [0.2, 0.25) is 0 Å². The van der Waals surface area contributed by atoms with Gasteiger partial charge >= 0.3 is 0 Å². The van der Waals surface area contributed by atoms with Crippen molar-refractivity contribution in [2.75, 3.05) is 40.0 Å². The number of thiophene rings is 1. The smallest absolute Gasteiger partial charge is 0.251 e. The van der Waals surface area contributed by atoms with Gasteiger partial charge in [0.15, 0.2) is 11.6 Å². The fourth-order valence-electron chi connectivity index (χ4n) is 2.53. The minimum Gasteiger partial charge on any atom is -0.382 e. The van der Waals surface area contributed by atoms with Crippen molar-refractivity contribution in [3.05, 3.63) is 57.3 Å². The van der Waals surface area contributed by atoms with Crippen molar-refractivity contribution in [3.63, 3.8) is 0 Å². The number of aryl methyl sites for hydroxylation is 1. The van der Waals surface area contributed by atoms with E-state index in [1.54, 1.807) is 31.4 Å². The second-order valence-corrected chi connectivity index (χ2v) is 7.36. The molecule has 1 aromatic carbocycles. The normalized spacial score (nSPS) is 10.7. The monoisotopic (exact) mass is 418 g/mol. The summed E-state index contributed by atoms with van der Waals surface area (Å²) in [4.78, 5) is 37.1. The molecule has 0 atom stereocenters. The Labute approximate surface area is 174 Å². The zero-order valence-electron chi connectivity index (χ0n) is 16.4. The number of carbonyl (C=O) groups excluding carboxylic acids is 3. The molecule has 0 spiro atoms. The summed E-state index contributed by atoms with van der Waals surface area (Å²) in [5, 5.41) is 2.79. The first-order valence-electron chi connectivity index (χ1n) is 9.35. The van der Waals surface area contributed by atoms with Crippen LogP contribution in [0.5, 0.6) is 0 Å². The van der Waals surface area contributed by atoms with Crippen LogP contribution in [0.25, 0.3) is 0 Å². The summed E-state index contributed by atoms with van der Waals surface area (Å²) in [7, 11) is 1.61. The highest BCUT2D eigenvalue weighted by Crippen LogP contribution is 2.19. The van der Waals surface area contributed by atoms with Crippen LogP contribution in [0.15, 0.2) is 36.4 Å². The standard InChI is InChI=1S/C21H26N2O5S/c1-27-12-13-28-11-10-23-21(26)16-5-2-15(3-6-16)4-7-17(24)19-8-9-20(29-19)18(25)14-22/h2-3,5-6,8-9H,4,7,10-14,22H2,1H3,(H,23,26). The van der Waals surface area contributed by atoms with Gasteiger partial charge in [-0.15, -0.1) is 11.3 Å². The molecule has 0 fully saturated rings. The Morgan fingerprint density at radius 1 is 0.966 bits per heavy atom. The van der Waals surface area contributed by atoms with Crippen molar-refractivity contribution in [1.82, 2.24) is 5.32 Å². The van der Waals surface area contributed by atoms with E-state index in [0.717, 1.165) is 5.56 Å². The van der Waals surface area contributed by atoms with Gasteiger partial charge in [-0.3, -0.25) is 14.4 Å². The van der Waals surface area contributed by atoms with E-state index in [1.807, 2.05) is 12.1 Å². The zero-order chi connectivity index (χ0) is 21.1. The van der Waals surface area contributed by atoms with Crippen LogP contribution >= 0.6 is 11.3 Å². The molecular weight excluding hydrogens is 392 g/mol. The van der Waals surface area contributed by atoms with E-state index >= 15 is 0 Å². The van der Waals surface area contributed by atoms with E-state index in [0.29, 0.717) is 54.5 Å². The molecule has 2 aromatic rings. The Kier molecular flexibility index (Phi) is 9.66. The first-order chi connectivity index (χ1) is 14.0. The topological polar surface area (TPSA) is 108 Å². The Bertz CT molecular complexity index is 817. The first-order valence-corrected chi connectivity index (χ1v) is 10.2. The Morgan fingerprint density at radius 2 is 1.66 bits per heavy atom. The molecule has 1 heterocycles. The molecule has 0 aliphatic rings. The van der Waals surface area contributed by atoms with Gasteiger partial charge in [-0.1, -0.05) is 12.1 Å². The summed E-state index contributed by atoms with van der Waals surface area (Å²) in [5.74, 6) is -0.343. The van der Waals surface area contributed by atoms with Crippen LogP contribution in [-0.4, -0.2) is 57.5 Å². The molecule has 0 unspecified atom stereocenters. The molecular formula is C21H26N2O5S. The molecule has 29 heavy (non-hydrogen) atoms. The van der Waals surface area contributed by atoms with Crippen molar-refractivity contribution >= 4 is 28.8 Å². The van der Waals surface area contributed by atoms with Crippen LogP contribution in [-0.2, 0) is 15.9 Å². The molecule has 7 nitrogen and oxygen atoms in total. The zero-order valence-corrected chi connectivity index (χ0v) is 17.3. The van der Waals surface area contributed by atoms with Gasteiger partial charge in [-0.05, 0) is 36.2 Å². The molecule has 2 rings (SSSR count). The molecule has 0 saturated heterocycles. The Hall–Kier alpha value is -2.39. The van der Waals surface area contributed by atoms with Crippen LogP contribution in [0, 0.1) is 0 Å². The molecule has 0 aliphatic heterocycles. The van der Waals surface area contributed by atoms with Crippen LogP contribution in [0.4, 0.5) is 0 Å². The van der Waals surface area contributed by atoms with E-state index in [-0.39, 0.29) is 24.0 Å². The minimum atomic E-state index is -0.168. The van der Waals surface area contributed by atoms with Crippen molar-refractivity contribution in [3.8, 4) is 0 Å². The van der Waals surface area contributed by atoms with Gasteiger partial charge in [0.25, 0.3) is 5.91 Å². The summed E-state index contributed by atoms with van der Waals surface area (Å²) in [5.41, 5.74) is 6.86. The number of hydrogen-bond donors (Lipinski definition) is 2. The predicted molar refractivity (Wildman–Crippen MR) is 112 cm³/mol. The van der Waals surface area contributed by atoms with E-state index in [4.69, 9.17) is 15.2 Å². The van der Waals surface area contributed by atoms with Crippen molar-refractivity contribution in [2.24, 2.45) is 5.73 Å². The molecule has 1 amide bonds. The summed E-state index contributed by atoms with van der Waals surface area (Å²) < 4.78 is 10.2. The third-order valence-corrected chi connectivity index (χ3v) is 5.33. The molecule has 0 radical (unpaired) electrons. The Balaban J connectivity index is 1.77. The maximum atomic E-state index is 12.3. The average Bonchev–Trinajstić information content (AvgIpc) is 3.24. The number of amides is 1. The number of carbonyl (C=O) groups is 3. The highest BCUT2D eigenvalue weighted by molar-refractivity contribution is 7.16. The van der Waals surface area contributed by atoms with Crippen LogP contribution in [0.2, 0.25) is 0 Å². The fraction of sp³-hybridized carbons (Fsp3) is 0.381. The Morgan fingerprint density at radius 3 is 2.31 bits per heavy atom. The molecule has 156 valence electrons. The lowest BCUT2D eigenvalue weighted by molar-refractivity contribution is 0.0692. The maximum absolute atomic E-state index is 12.3. The highest BCUT2D eigenvalue weighted by atomic mass is 32.1. The largest absolute Gasteiger partial charge is 0.382 e. The third-order valence-electron chi connectivity index (χ3n) is 4.16. The van der Waals surface area contributed by atoms with Crippen molar-refractivity contribution < 1.29 is 23.9 Å². The van der Waals surface area contributed by atoms with E-state index in [9.17, 15) is 14.4 Å². The molecule has 8 heteroatoms. The average molecular weight is 419 g/mol. The fourth-order valence-corrected chi connectivity index (χ4v) is 3.45. The lowest BCUT2D eigenvalue weighted by Crippen LogP contribution is -2.27. The van der Waals surface area contributed by atoms with Gasteiger partial charge in [0.1, 0.15) is 0 Å². The number of ether oxygens (including phenoxy) is 2. The summed E-state index contributed by atoms with van der Waals surface area (Å²) in [6.45, 7) is 1.81. The van der Waals surface area contributed by atoms with Gasteiger partial charge in [0, 0.05) is 25.6 Å². The van der Waals surface area contributed by atoms with Crippen LogP contribution in [0.1, 0.15) is 41.7 Å². The summed E-state index contributed by atoms with van der Waals surface area (Å²) in [6.07, 6.45) is 0.896. The number of hydrogen-bond acceptors (Lipinski definition) is 7. The predicted octanol–water partition coefficient (Wildman–Crippen LogP) is 2.10.